The molecule has 1 unspecified atom stereocenters. The first-order valence-electron chi connectivity index (χ1n) is 6.34. The van der Waals surface area contributed by atoms with Crippen LogP contribution in [0.1, 0.15) is 6.42 Å². The number of nitrogens with zero attached hydrogens (tertiary/aromatic N) is 3. The van der Waals surface area contributed by atoms with Crippen molar-refractivity contribution in [3.8, 4) is 0 Å². The molecule has 1 heterocycles. The van der Waals surface area contributed by atoms with E-state index in [9.17, 15) is 14.4 Å². The predicted molar refractivity (Wildman–Crippen MR) is 76.8 cm³/mol. The standard InChI is InChI=1S/C12H21N3O4S/c1-13(2)10(16)7-14(3)12(19)15-4-5-20-8-9(15)6-11(17)18/h9H,4-8H2,1-3H3,(H,17,18). The predicted octanol–water partition coefficient (Wildman–Crippen LogP) is 0.0185. The number of urea groups is 1. The first-order chi connectivity index (χ1) is 9.32. The van der Waals surface area contributed by atoms with Crippen molar-refractivity contribution in [2.45, 2.75) is 12.5 Å². The number of hydrogen-bond donors (Lipinski definition) is 1. The lowest BCUT2D eigenvalue weighted by atomic mass is 10.2. The maximum atomic E-state index is 12.3. The summed E-state index contributed by atoms with van der Waals surface area (Å²) in [5.74, 6) is 0.328. The molecule has 0 aromatic rings. The first-order valence-corrected chi connectivity index (χ1v) is 7.49. The number of rotatable bonds is 4. The Morgan fingerprint density at radius 3 is 2.50 bits per heavy atom. The highest BCUT2D eigenvalue weighted by molar-refractivity contribution is 7.99. The Kier molecular flexibility index (Phi) is 6.12. The molecule has 1 aliphatic heterocycles. The second kappa shape index (κ2) is 7.37. The molecule has 1 saturated heterocycles. The van der Waals surface area contributed by atoms with E-state index in [1.54, 1.807) is 37.8 Å². The fourth-order valence-electron chi connectivity index (χ4n) is 1.91. The number of amides is 3. The minimum Gasteiger partial charge on any atom is -0.481 e. The van der Waals surface area contributed by atoms with Crippen molar-refractivity contribution in [1.29, 1.82) is 0 Å². The maximum absolute atomic E-state index is 12.3. The van der Waals surface area contributed by atoms with Crippen molar-refractivity contribution in [3.63, 3.8) is 0 Å². The highest BCUT2D eigenvalue weighted by Crippen LogP contribution is 2.20. The van der Waals surface area contributed by atoms with Crippen LogP contribution in [0.3, 0.4) is 0 Å². The van der Waals surface area contributed by atoms with Gasteiger partial charge in [-0.2, -0.15) is 11.8 Å². The van der Waals surface area contributed by atoms with Crippen molar-refractivity contribution < 1.29 is 19.5 Å². The van der Waals surface area contributed by atoms with Crippen LogP contribution in [0.15, 0.2) is 0 Å². The van der Waals surface area contributed by atoms with Gasteiger partial charge in [-0.05, 0) is 0 Å². The van der Waals surface area contributed by atoms with Crippen LogP contribution in [-0.4, -0.2) is 89.5 Å². The van der Waals surface area contributed by atoms with Crippen LogP contribution in [0.4, 0.5) is 4.79 Å². The molecule has 0 aromatic heterocycles. The Hall–Kier alpha value is -1.44. The molecule has 1 aliphatic rings. The summed E-state index contributed by atoms with van der Waals surface area (Å²) >= 11 is 1.65. The van der Waals surface area contributed by atoms with Crippen LogP contribution in [-0.2, 0) is 9.59 Å². The van der Waals surface area contributed by atoms with E-state index in [0.29, 0.717) is 12.3 Å². The molecule has 1 N–H and O–H groups in total. The van der Waals surface area contributed by atoms with E-state index < -0.39 is 5.97 Å². The van der Waals surface area contributed by atoms with E-state index in [1.165, 1.54) is 9.80 Å². The normalized spacial score (nSPS) is 18.6. The van der Waals surface area contributed by atoms with Crippen molar-refractivity contribution in [3.05, 3.63) is 0 Å². The highest BCUT2D eigenvalue weighted by Gasteiger charge is 2.31. The molecule has 1 fully saturated rings. The van der Waals surface area contributed by atoms with Gasteiger partial charge in [0.1, 0.15) is 6.54 Å². The van der Waals surface area contributed by atoms with Gasteiger partial charge in [-0.1, -0.05) is 0 Å². The summed E-state index contributed by atoms with van der Waals surface area (Å²) in [5, 5.41) is 8.90. The number of likely N-dealkylation sites (N-methyl/N-ethyl adjacent to an activating group) is 2. The van der Waals surface area contributed by atoms with E-state index in [2.05, 4.69) is 0 Å². The molecule has 0 bridgehead atoms. The molecule has 0 aromatic carbocycles. The van der Waals surface area contributed by atoms with E-state index in [4.69, 9.17) is 5.11 Å². The quantitative estimate of drug-likeness (QED) is 0.792. The minimum absolute atomic E-state index is 0.00469. The number of thioether (sulfide) groups is 1. The topological polar surface area (TPSA) is 81.2 Å². The Morgan fingerprint density at radius 2 is 1.95 bits per heavy atom. The monoisotopic (exact) mass is 303 g/mol. The number of aliphatic carboxylic acids is 1. The summed E-state index contributed by atoms with van der Waals surface area (Å²) in [6.07, 6.45) is -0.0613. The second-order valence-corrected chi connectivity index (χ2v) is 6.10. The summed E-state index contributed by atoms with van der Waals surface area (Å²) in [7, 11) is 4.82. The average Bonchev–Trinajstić information content (AvgIpc) is 2.37. The van der Waals surface area contributed by atoms with Crippen LogP contribution < -0.4 is 0 Å². The van der Waals surface area contributed by atoms with Gasteiger partial charge in [0.2, 0.25) is 5.91 Å². The van der Waals surface area contributed by atoms with Gasteiger partial charge in [-0.15, -0.1) is 0 Å². The van der Waals surface area contributed by atoms with Crippen LogP contribution in [0.2, 0.25) is 0 Å². The minimum atomic E-state index is -0.915. The molecule has 0 spiro atoms. The first kappa shape index (κ1) is 16.6. The van der Waals surface area contributed by atoms with E-state index in [1.807, 2.05) is 0 Å². The van der Waals surface area contributed by atoms with Gasteiger partial charge in [0.05, 0.1) is 12.5 Å². The molecule has 0 aliphatic carbocycles. The summed E-state index contributed by atoms with van der Waals surface area (Å²) < 4.78 is 0. The molecule has 1 atom stereocenters. The molecule has 0 saturated carbocycles. The fourth-order valence-corrected chi connectivity index (χ4v) is 2.97. The molecular weight excluding hydrogens is 282 g/mol. The second-order valence-electron chi connectivity index (χ2n) is 4.95. The van der Waals surface area contributed by atoms with Crippen LogP contribution in [0.5, 0.6) is 0 Å². The molecule has 0 radical (unpaired) electrons. The summed E-state index contributed by atoms with van der Waals surface area (Å²) in [5.41, 5.74) is 0. The van der Waals surface area contributed by atoms with Gasteiger partial charge in [-0.25, -0.2) is 4.79 Å². The highest BCUT2D eigenvalue weighted by atomic mass is 32.2. The Morgan fingerprint density at radius 1 is 1.30 bits per heavy atom. The lowest BCUT2D eigenvalue weighted by Crippen LogP contribution is -2.53. The third-order valence-electron chi connectivity index (χ3n) is 3.08. The number of carbonyl (C=O) groups excluding carboxylic acids is 2. The van der Waals surface area contributed by atoms with E-state index >= 15 is 0 Å². The summed E-state index contributed by atoms with van der Waals surface area (Å²) in [6.45, 7) is 0.511. The maximum Gasteiger partial charge on any atom is 0.320 e. The number of carbonyl (C=O) groups is 3. The number of hydrogen-bond acceptors (Lipinski definition) is 4. The van der Waals surface area contributed by atoms with Gasteiger partial charge in [0.15, 0.2) is 0 Å². The summed E-state index contributed by atoms with van der Waals surface area (Å²) in [6, 6.07) is -0.595. The Labute approximate surface area is 122 Å². The molecule has 3 amide bonds. The smallest absolute Gasteiger partial charge is 0.320 e. The lowest BCUT2D eigenvalue weighted by molar-refractivity contribution is -0.138. The Bertz CT molecular complexity index is 389. The van der Waals surface area contributed by atoms with Gasteiger partial charge in [-0.3, -0.25) is 9.59 Å². The SMILES string of the molecule is CN(C)C(=O)CN(C)C(=O)N1CCSCC1CC(=O)O. The molecule has 8 heteroatoms. The average molecular weight is 303 g/mol. The molecule has 20 heavy (non-hydrogen) atoms. The molecule has 1 rings (SSSR count). The number of carboxylic acids is 1. The number of carboxylic acid groups (broad SMARTS) is 1. The van der Waals surface area contributed by atoms with E-state index in [0.717, 1.165) is 5.75 Å². The Balaban J connectivity index is 2.66. The zero-order valence-electron chi connectivity index (χ0n) is 12.0. The zero-order valence-corrected chi connectivity index (χ0v) is 12.9. The van der Waals surface area contributed by atoms with Gasteiger partial charge < -0.3 is 19.8 Å². The third kappa shape index (κ3) is 4.59. The van der Waals surface area contributed by atoms with Gasteiger partial charge in [0.25, 0.3) is 0 Å². The largest absolute Gasteiger partial charge is 0.481 e. The lowest BCUT2D eigenvalue weighted by Gasteiger charge is -2.37. The van der Waals surface area contributed by atoms with Gasteiger partial charge >= 0.3 is 12.0 Å². The van der Waals surface area contributed by atoms with Crippen LogP contribution >= 0.6 is 11.8 Å². The van der Waals surface area contributed by atoms with Crippen molar-refractivity contribution in [1.82, 2.24) is 14.7 Å². The zero-order chi connectivity index (χ0) is 15.3. The summed E-state index contributed by atoms with van der Waals surface area (Å²) in [4.78, 5) is 39.1. The van der Waals surface area contributed by atoms with Gasteiger partial charge in [0, 0.05) is 39.2 Å². The molecule has 7 nitrogen and oxygen atoms in total. The molecular formula is C12H21N3O4S. The van der Waals surface area contributed by atoms with Crippen molar-refractivity contribution >= 4 is 29.7 Å². The van der Waals surface area contributed by atoms with Crippen molar-refractivity contribution in [2.75, 3.05) is 45.7 Å². The third-order valence-corrected chi connectivity index (χ3v) is 4.17. The van der Waals surface area contributed by atoms with E-state index in [-0.39, 0.29) is 30.9 Å². The fraction of sp³-hybridized carbons (Fsp3) is 0.750. The van der Waals surface area contributed by atoms with Crippen LogP contribution in [0, 0.1) is 0 Å². The van der Waals surface area contributed by atoms with Crippen LogP contribution in [0.25, 0.3) is 0 Å². The van der Waals surface area contributed by atoms with Crippen molar-refractivity contribution in [2.24, 2.45) is 0 Å². The molecule has 114 valence electrons.